The van der Waals surface area contributed by atoms with Gasteiger partial charge in [0.15, 0.2) is 5.82 Å². The number of H-pyrrole nitrogens is 1. The molecule has 146 valence electrons. The summed E-state index contributed by atoms with van der Waals surface area (Å²) in [5, 5.41) is 7.93. The number of para-hydroxylation sites is 1. The lowest BCUT2D eigenvalue weighted by atomic mass is 10.1. The van der Waals surface area contributed by atoms with Crippen LogP contribution < -0.4 is 11.3 Å². The highest BCUT2D eigenvalue weighted by molar-refractivity contribution is 6.02. The number of nitrogens with two attached hydrogens (primary N) is 1. The van der Waals surface area contributed by atoms with Crippen molar-refractivity contribution >= 4 is 33.6 Å². The van der Waals surface area contributed by atoms with E-state index < -0.39 is 0 Å². The predicted octanol–water partition coefficient (Wildman–Crippen LogP) is 2.68. The van der Waals surface area contributed by atoms with E-state index in [4.69, 9.17) is 10.2 Å². The molecule has 3 aromatic heterocycles. The number of carbonyl (C=O) groups is 1. The Bertz CT molecular complexity index is 1300. The van der Waals surface area contributed by atoms with Gasteiger partial charge in [-0.2, -0.15) is 5.10 Å². The van der Waals surface area contributed by atoms with Gasteiger partial charge in [0.2, 0.25) is 5.91 Å². The maximum atomic E-state index is 12.7. The fourth-order valence-corrected chi connectivity index (χ4v) is 4.12. The number of aromatic nitrogens is 3. The Morgan fingerprint density at radius 1 is 1.38 bits per heavy atom. The SMILES string of the molecule is C=CC(=O)N1CCC(n2cc(-c3cc4ccccc4o3)c3c(N)n[nH]c(=O)c32)C1. The van der Waals surface area contributed by atoms with Crippen LogP contribution in [0.25, 0.3) is 33.2 Å². The maximum Gasteiger partial charge on any atom is 0.288 e. The lowest BCUT2D eigenvalue weighted by Crippen LogP contribution is -2.27. The second-order valence-electron chi connectivity index (χ2n) is 7.19. The number of likely N-dealkylation sites (tertiary alicyclic amines) is 1. The Labute approximate surface area is 165 Å². The van der Waals surface area contributed by atoms with Crippen LogP contribution in [0.4, 0.5) is 5.82 Å². The number of rotatable bonds is 3. The van der Waals surface area contributed by atoms with Gasteiger partial charge in [0.25, 0.3) is 5.56 Å². The molecule has 4 aromatic rings. The van der Waals surface area contributed by atoms with Gasteiger partial charge < -0.3 is 19.6 Å². The van der Waals surface area contributed by atoms with E-state index in [9.17, 15) is 9.59 Å². The summed E-state index contributed by atoms with van der Waals surface area (Å²) >= 11 is 0. The number of hydrogen-bond acceptors (Lipinski definition) is 5. The molecule has 8 nitrogen and oxygen atoms in total. The molecule has 3 N–H and O–H groups in total. The van der Waals surface area contributed by atoms with Crippen molar-refractivity contribution in [2.45, 2.75) is 12.5 Å². The van der Waals surface area contributed by atoms with Gasteiger partial charge in [-0.25, -0.2) is 5.10 Å². The van der Waals surface area contributed by atoms with Crippen molar-refractivity contribution in [3.05, 3.63) is 59.5 Å². The van der Waals surface area contributed by atoms with Crippen molar-refractivity contribution in [3.63, 3.8) is 0 Å². The van der Waals surface area contributed by atoms with Crippen LogP contribution in [0.5, 0.6) is 0 Å². The number of furan rings is 1. The van der Waals surface area contributed by atoms with Crippen LogP contribution in [0.3, 0.4) is 0 Å². The molecule has 1 aliphatic rings. The number of nitrogens with zero attached hydrogens (tertiary/aromatic N) is 3. The number of carbonyl (C=O) groups excluding carboxylic acids is 1. The fourth-order valence-electron chi connectivity index (χ4n) is 4.12. The first-order chi connectivity index (χ1) is 14.1. The minimum absolute atomic E-state index is 0.0533. The van der Waals surface area contributed by atoms with E-state index in [-0.39, 0.29) is 23.3 Å². The molecule has 0 saturated carbocycles. The van der Waals surface area contributed by atoms with Crippen LogP contribution in [0.1, 0.15) is 12.5 Å². The quantitative estimate of drug-likeness (QED) is 0.524. The number of benzene rings is 1. The number of nitrogens with one attached hydrogen (secondary N) is 1. The second kappa shape index (κ2) is 6.37. The lowest BCUT2D eigenvalue weighted by Gasteiger charge is -2.16. The average molecular weight is 389 g/mol. The Balaban J connectivity index is 1.70. The largest absolute Gasteiger partial charge is 0.456 e. The minimum Gasteiger partial charge on any atom is -0.456 e. The van der Waals surface area contributed by atoms with E-state index in [1.165, 1.54) is 6.08 Å². The summed E-state index contributed by atoms with van der Waals surface area (Å²) in [6.07, 6.45) is 3.91. The molecule has 1 aromatic carbocycles. The third kappa shape index (κ3) is 2.64. The Hall–Kier alpha value is -3.81. The molecule has 5 rings (SSSR count). The van der Waals surface area contributed by atoms with Crippen LogP contribution in [-0.4, -0.2) is 38.7 Å². The molecule has 0 spiro atoms. The van der Waals surface area contributed by atoms with Gasteiger partial charge in [0.1, 0.15) is 16.9 Å². The van der Waals surface area contributed by atoms with Crippen molar-refractivity contribution in [3.8, 4) is 11.3 Å². The highest BCUT2D eigenvalue weighted by Crippen LogP contribution is 2.37. The van der Waals surface area contributed by atoms with Gasteiger partial charge >= 0.3 is 0 Å². The maximum absolute atomic E-state index is 12.7. The van der Waals surface area contributed by atoms with E-state index in [0.717, 1.165) is 17.4 Å². The van der Waals surface area contributed by atoms with Crippen molar-refractivity contribution in [2.24, 2.45) is 0 Å². The number of fused-ring (bicyclic) bond motifs is 2. The molecule has 1 unspecified atom stereocenters. The molecule has 1 fully saturated rings. The predicted molar refractivity (Wildman–Crippen MR) is 110 cm³/mol. The Kier molecular flexibility index (Phi) is 3.80. The molecule has 0 bridgehead atoms. The summed E-state index contributed by atoms with van der Waals surface area (Å²) in [4.78, 5) is 26.4. The molecule has 29 heavy (non-hydrogen) atoms. The summed E-state index contributed by atoms with van der Waals surface area (Å²) in [5.41, 5.74) is 7.72. The van der Waals surface area contributed by atoms with Crippen LogP contribution in [0.15, 0.2) is 58.4 Å². The van der Waals surface area contributed by atoms with Crippen LogP contribution in [-0.2, 0) is 4.79 Å². The van der Waals surface area contributed by atoms with Crippen molar-refractivity contribution < 1.29 is 9.21 Å². The van der Waals surface area contributed by atoms with Crippen LogP contribution in [0, 0.1) is 0 Å². The van der Waals surface area contributed by atoms with Crippen molar-refractivity contribution in [2.75, 3.05) is 18.8 Å². The van der Waals surface area contributed by atoms with Crippen molar-refractivity contribution in [1.82, 2.24) is 19.7 Å². The minimum atomic E-state index is -0.329. The number of hydrogen-bond donors (Lipinski definition) is 2. The standard InChI is InChI=1S/C21H19N5O3/c1-2-17(27)25-8-7-13(10-25)26-11-14(18-19(26)21(28)24-23-20(18)22)16-9-12-5-3-4-6-15(12)29-16/h2-6,9,11,13H,1,7-8,10H2,(H2,22,23)(H,24,28). The third-order valence-electron chi connectivity index (χ3n) is 5.52. The molecule has 1 atom stereocenters. The number of nitrogen functional groups attached to an aromatic ring is 1. The van der Waals surface area contributed by atoms with E-state index in [0.29, 0.717) is 35.3 Å². The number of aromatic amines is 1. The number of amides is 1. The highest BCUT2D eigenvalue weighted by Gasteiger charge is 2.30. The topological polar surface area (TPSA) is 110 Å². The van der Waals surface area contributed by atoms with Gasteiger partial charge in [-0.3, -0.25) is 9.59 Å². The normalized spacial score (nSPS) is 16.7. The molecule has 4 heterocycles. The fraction of sp³-hybridized carbons (Fsp3) is 0.190. The van der Waals surface area contributed by atoms with Crippen LogP contribution in [0.2, 0.25) is 0 Å². The molecule has 8 heteroatoms. The third-order valence-corrected chi connectivity index (χ3v) is 5.52. The average Bonchev–Trinajstić information content (AvgIpc) is 3.45. The zero-order valence-corrected chi connectivity index (χ0v) is 15.6. The van der Waals surface area contributed by atoms with Crippen LogP contribution >= 0.6 is 0 Å². The van der Waals surface area contributed by atoms with Gasteiger partial charge in [-0.1, -0.05) is 24.8 Å². The van der Waals surface area contributed by atoms with Crippen molar-refractivity contribution in [1.29, 1.82) is 0 Å². The zero-order chi connectivity index (χ0) is 20.1. The summed E-state index contributed by atoms with van der Waals surface area (Å²) in [5.74, 6) is 0.730. The second-order valence-corrected chi connectivity index (χ2v) is 7.19. The van der Waals surface area contributed by atoms with Gasteiger partial charge in [0.05, 0.1) is 11.4 Å². The summed E-state index contributed by atoms with van der Waals surface area (Å²) in [6.45, 7) is 4.65. The number of anilines is 1. The molecule has 1 aliphatic heterocycles. The first-order valence-corrected chi connectivity index (χ1v) is 9.36. The van der Waals surface area contributed by atoms with E-state index in [1.807, 2.05) is 41.1 Å². The van der Waals surface area contributed by atoms with E-state index in [1.54, 1.807) is 4.90 Å². The van der Waals surface area contributed by atoms with E-state index >= 15 is 0 Å². The zero-order valence-electron chi connectivity index (χ0n) is 15.6. The summed E-state index contributed by atoms with van der Waals surface area (Å²) < 4.78 is 7.92. The highest BCUT2D eigenvalue weighted by atomic mass is 16.3. The molecular weight excluding hydrogens is 370 g/mol. The first kappa shape index (κ1) is 17.3. The first-order valence-electron chi connectivity index (χ1n) is 9.36. The monoisotopic (exact) mass is 389 g/mol. The summed E-state index contributed by atoms with van der Waals surface area (Å²) in [6, 6.07) is 9.58. The van der Waals surface area contributed by atoms with E-state index in [2.05, 4.69) is 16.8 Å². The molecule has 1 saturated heterocycles. The Morgan fingerprint density at radius 2 is 2.21 bits per heavy atom. The Morgan fingerprint density at radius 3 is 3.00 bits per heavy atom. The smallest absolute Gasteiger partial charge is 0.288 e. The lowest BCUT2D eigenvalue weighted by molar-refractivity contribution is -0.125. The molecule has 0 radical (unpaired) electrons. The molecular formula is C21H19N5O3. The molecule has 0 aliphatic carbocycles. The molecule has 1 amide bonds. The van der Waals surface area contributed by atoms with Gasteiger partial charge in [0, 0.05) is 30.2 Å². The van der Waals surface area contributed by atoms with Gasteiger partial charge in [-0.05, 0) is 24.6 Å². The summed E-state index contributed by atoms with van der Waals surface area (Å²) in [7, 11) is 0. The van der Waals surface area contributed by atoms with Gasteiger partial charge in [-0.15, -0.1) is 0 Å².